The summed E-state index contributed by atoms with van der Waals surface area (Å²) in [7, 11) is 4.94. The molecule has 1 amide bonds. The van der Waals surface area contributed by atoms with Gasteiger partial charge in [0.2, 0.25) is 11.1 Å². The zero-order chi connectivity index (χ0) is 20.6. The van der Waals surface area contributed by atoms with E-state index in [4.69, 9.17) is 9.47 Å². The van der Waals surface area contributed by atoms with Crippen molar-refractivity contribution in [2.24, 2.45) is 0 Å². The molecule has 0 spiro atoms. The second kappa shape index (κ2) is 9.92. The molecule has 29 heavy (non-hydrogen) atoms. The Kier molecular flexibility index (Phi) is 7.07. The number of aromatic nitrogens is 4. The molecule has 0 aliphatic rings. The van der Waals surface area contributed by atoms with Crippen molar-refractivity contribution in [3.8, 4) is 11.5 Å². The van der Waals surface area contributed by atoms with E-state index in [0.717, 1.165) is 11.1 Å². The van der Waals surface area contributed by atoms with E-state index in [0.29, 0.717) is 29.7 Å². The molecular weight excluding hydrogens is 390 g/mol. The Morgan fingerprint density at radius 1 is 1.10 bits per heavy atom. The van der Waals surface area contributed by atoms with Crippen LogP contribution < -0.4 is 9.47 Å². The number of carbonyl (C=O) groups excluding carboxylic acids is 1. The monoisotopic (exact) mass is 413 g/mol. The fourth-order valence-electron chi connectivity index (χ4n) is 2.81. The molecule has 0 aliphatic heterocycles. The van der Waals surface area contributed by atoms with Crippen LogP contribution in [0, 0.1) is 0 Å². The normalized spacial score (nSPS) is 10.6. The molecule has 0 radical (unpaired) electrons. The maximum atomic E-state index is 12.6. The van der Waals surface area contributed by atoms with Crippen LogP contribution in [0.25, 0.3) is 0 Å². The number of nitrogens with zero attached hydrogens (tertiary/aromatic N) is 5. The minimum Gasteiger partial charge on any atom is -0.493 e. The summed E-state index contributed by atoms with van der Waals surface area (Å²) in [5.74, 6) is 1.47. The summed E-state index contributed by atoms with van der Waals surface area (Å²) in [6.45, 7) is 0.968. The summed E-state index contributed by atoms with van der Waals surface area (Å²) in [5, 5.41) is 12.4. The first kappa shape index (κ1) is 20.7. The molecule has 1 heterocycles. The molecule has 9 heteroatoms. The molecule has 2 aromatic carbocycles. The predicted molar refractivity (Wildman–Crippen MR) is 110 cm³/mol. The zero-order valence-electron chi connectivity index (χ0n) is 16.6. The molecule has 0 saturated heterocycles. The average molecular weight is 414 g/mol. The molecule has 0 saturated carbocycles. The molecule has 8 nitrogen and oxygen atoms in total. The van der Waals surface area contributed by atoms with Crippen LogP contribution in [0.3, 0.4) is 0 Å². The van der Waals surface area contributed by atoms with E-state index in [1.165, 1.54) is 11.8 Å². The minimum atomic E-state index is -0.0332. The second-order valence-corrected chi connectivity index (χ2v) is 7.24. The van der Waals surface area contributed by atoms with Crippen molar-refractivity contribution in [2.75, 3.05) is 27.0 Å². The molecule has 0 unspecified atom stereocenters. The zero-order valence-corrected chi connectivity index (χ0v) is 17.4. The molecular formula is C20H23N5O3S. The van der Waals surface area contributed by atoms with Gasteiger partial charge in [0.15, 0.2) is 11.5 Å². The number of rotatable bonds is 9. The van der Waals surface area contributed by atoms with Crippen LogP contribution in [-0.2, 0) is 17.9 Å². The molecule has 3 aromatic rings. The van der Waals surface area contributed by atoms with Gasteiger partial charge in [-0.1, -0.05) is 54.2 Å². The van der Waals surface area contributed by atoms with Gasteiger partial charge in [-0.25, -0.2) is 4.68 Å². The number of para-hydroxylation sites is 1. The number of benzene rings is 2. The molecule has 152 valence electrons. The number of tetrazole rings is 1. The maximum Gasteiger partial charge on any atom is 0.233 e. The van der Waals surface area contributed by atoms with Gasteiger partial charge < -0.3 is 14.4 Å². The number of ether oxygens (including phenoxy) is 2. The highest BCUT2D eigenvalue weighted by atomic mass is 32.2. The summed E-state index contributed by atoms with van der Waals surface area (Å²) in [4.78, 5) is 14.3. The van der Waals surface area contributed by atoms with E-state index in [1.807, 2.05) is 48.5 Å². The summed E-state index contributed by atoms with van der Waals surface area (Å²) in [6, 6.07) is 15.5. The summed E-state index contributed by atoms with van der Waals surface area (Å²) < 4.78 is 12.5. The lowest BCUT2D eigenvalue weighted by molar-refractivity contribution is -0.127. The quantitative estimate of drug-likeness (QED) is 0.499. The first-order valence-corrected chi connectivity index (χ1v) is 9.97. The molecule has 1 aromatic heterocycles. The van der Waals surface area contributed by atoms with Crippen molar-refractivity contribution in [2.45, 2.75) is 18.2 Å². The van der Waals surface area contributed by atoms with Gasteiger partial charge in [-0.15, -0.1) is 5.10 Å². The van der Waals surface area contributed by atoms with Crippen LogP contribution in [0.15, 0.2) is 53.7 Å². The highest BCUT2D eigenvalue weighted by molar-refractivity contribution is 7.99. The first-order chi connectivity index (χ1) is 14.1. The Hall–Kier alpha value is -3.07. The number of thioether (sulfide) groups is 1. The van der Waals surface area contributed by atoms with E-state index in [1.54, 1.807) is 30.8 Å². The smallest absolute Gasteiger partial charge is 0.233 e. The van der Waals surface area contributed by atoms with Crippen LogP contribution >= 0.6 is 11.8 Å². The molecule has 0 fully saturated rings. The lowest BCUT2D eigenvalue weighted by Crippen LogP contribution is -2.28. The Morgan fingerprint density at radius 2 is 1.90 bits per heavy atom. The summed E-state index contributed by atoms with van der Waals surface area (Å²) in [5.41, 5.74) is 1.97. The number of hydrogen-bond donors (Lipinski definition) is 0. The summed E-state index contributed by atoms with van der Waals surface area (Å²) in [6.07, 6.45) is 0. The van der Waals surface area contributed by atoms with Crippen molar-refractivity contribution in [1.82, 2.24) is 25.1 Å². The number of methoxy groups -OCH3 is 2. The first-order valence-electron chi connectivity index (χ1n) is 8.99. The Morgan fingerprint density at radius 3 is 2.62 bits per heavy atom. The van der Waals surface area contributed by atoms with Crippen LogP contribution in [0.2, 0.25) is 0 Å². The van der Waals surface area contributed by atoms with Crippen molar-refractivity contribution >= 4 is 17.7 Å². The second-order valence-electron chi connectivity index (χ2n) is 6.30. The van der Waals surface area contributed by atoms with Gasteiger partial charge in [-0.2, -0.15) is 0 Å². The van der Waals surface area contributed by atoms with Crippen LogP contribution in [-0.4, -0.2) is 58.0 Å². The maximum absolute atomic E-state index is 12.6. The molecule has 0 aliphatic carbocycles. The van der Waals surface area contributed by atoms with E-state index in [-0.39, 0.29) is 11.7 Å². The average Bonchev–Trinajstić information content (AvgIpc) is 3.19. The third-order valence-electron chi connectivity index (χ3n) is 4.32. The highest BCUT2D eigenvalue weighted by Gasteiger charge is 2.17. The van der Waals surface area contributed by atoms with Crippen LogP contribution in [0.5, 0.6) is 11.5 Å². The fourth-order valence-corrected chi connectivity index (χ4v) is 3.63. The number of carbonyl (C=O) groups is 1. The predicted octanol–water partition coefficient (Wildman–Crippen LogP) is 2.49. The van der Waals surface area contributed by atoms with E-state index in [9.17, 15) is 4.79 Å². The standard InChI is InChI=1S/C20H23N5O3S/c1-24(13-16-10-7-11-17(27-2)19(16)28-3)18(26)14-29-20-21-22-23-25(20)12-15-8-5-4-6-9-15/h4-11H,12-14H2,1-3H3. The number of amides is 1. The topological polar surface area (TPSA) is 82.4 Å². The van der Waals surface area contributed by atoms with Gasteiger partial charge >= 0.3 is 0 Å². The van der Waals surface area contributed by atoms with Gasteiger partial charge in [0, 0.05) is 19.2 Å². The van der Waals surface area contributed by atoms with Crippen molar-refractivity contribution in [3.63, 3.8) is 0 Å². The largest absolute Gasteiger partial charge is 0.493 e. The van der Waals surface area contributed by atoms with E-state index in [2.05, 4.69) is 15.5 Å². The van der Waals surface area contributed by atoms with Gasteiger partial charge in [0.25, 0.3) is 0 Å². The van der Waals surface area contributed by atoms with Crippen molar-refractivity contribution in [1.29, 1.82) is 0 Å². The molecule has 0 bridgehead atoms. The Bertz CT molecular complexity index is 948. The van der Waals surface area contributed by atoms with Crippen LogP contribution in [0.4, 0.5) is 0 Å². The van der Waals surface area contributed by atoms with Gasteiger partial charge in [0.05, 0.1) is 26.5 Å². The lowest BCUT2D eigenvalue weighted by Gasteiger charge is -2.19. The minimum absolute atomic E-state index is 0.0332. The van der Waals surface area contributed by atoms with Gasteiger partial charge in [0.1, 0.15) is 0 Å². The highest BCUT2D eigenvalue weighted by Crippen LogP contribution is 2.31. The van der Waals surface area contributed by atoms with Gasteiger partial charge in [-0.3, -0.25) is 4.79 Å². The SMILES string of the molecule is COc1cccc(CN(C)C(=O)CSc2nnnn2Cc2ccccc2)c1OC. The van der Waals surface area contributed by atoms with Crippen molar-refractivity contribution in [3.05, 3.63) is 59.7 Å². The Balaban J connectivity index is 1.60. The number of hydrogen-bond acceptors (Lipinski definition) is 7. The molecule has 0 atom stereocenters. The summed E-state index contributed by atoms with van der Waals surface area (Å²) >= 11 is 1.32. The third kappa shape index (κ3) is 5.26. The van der Waals surface area contributed by atoms with Crippen molar-refractivity contribution < 1.29 is 14.3 Å². The molecule has 0 N–H and O–H groups in total. The van der Waals surface area contributed by atoms with Crippen LogP contribution in [0.1, 0.15) is 11.1 Å². The third-order valence-corrected chi connectivity index (χ3v) is 5.26. The fraction of sp³-hybridized carbons (Fsp3) is 0.300. The Labute approximate surface area is 173 Å². The van der Waals surface area contributed by atoms with Gasteiger partial charge in [-0.05, 0) is 22.1 Å². The molecule has 3 rings (SSSR count). The van der Waals surface area contributed by atoms with E-state index >= 15 is 0 Å². The van der Waals surface area contributed by atoms with E-state index < -0.39 is 0 Å². The lowest BCUT2D eigenvalue weighted by atomic mass is 10.1.